The topological polar surface area (TPSA) is 79.0 Å². The molecule has 1 saturated carbocycles. The molecular weight excluding hydrogens is 508 g/mol. The van der Waals surface area contributed by atoms with Gasteiger partial charge in [0.05, 0.1) is 18.6 Å². The summed E-state index contributed by atoms with van der Waals surface area (Å²) in [6.45, 7) is 3.84. The summed E-state index contributed by atoms with van der Waals surface area (Å²) in [6.07, 6.45) is 15.4. The first-order valence-corrected chi connectivity index (χ1v) is 14.4. The van der Waals surface area contributed by atoms with Gasteiger partial charge < -0.3 is 15.0 Å². The van der Waals surface area contributed by atoms with Gasteiger partial charge in [-0.05, 0) is 79.1 Å². The molecule has 4 aromatic rings. The molecule has 3 aromatic heterocycles. The minimum atomic E-state index is -0.376. The molecule has 0 radical (unpaired) electrons. The summed E-state index contributed by atoms with van der Waals surface area (Å²) in [7, 11) is 0. The quantitative estimate of drug-likeness (QED) is 0.342. The highest BCUT2D eigenvalue weighted by molar-refractivity contribution is 6.30. The second-order valence-corrected chi connectivity index (χ2v) is 11.4. The molecule has 7 nitrogen and oxygen atoms in total. The van der Waals surface area contributed by atoms with E-state index in [1.165, 1.54) is 24.0 Å². The third kappa shape index (κ3) is 4.62. The number of rotatable bonds is 5. The Balaban J connectivity index is 1.21. The van der Waals surface area contributed by atoms with Crippen molar-refractivity contribution in [3.63, 3.8) is 0 Å². The second kappa shape index (κ2) is 10.4. The van der Waals surface area contributed by atoms with Crippen molar-refractivity contribution in [1.29, 1.82) is 0 Å². The zero-order valence-electron chi connectivity index (χ0n) is 21.9. The second-order valence-electron chi connectivity index (χ2n) is 11.0. The molecule has 1 saturated heterocycles. The number of fused-ring (bicyclic) bond motifs is 3. The van der Waals surface area contributed by atoms with E-state index in [0.717, 1.165) is 78.7 Å². The summed E-state index contributed by atoms with van der Waals surface area (Å²) in [5, 5.41) is 5.65. The van der Waals surface area contributed by atoms with Crippen LogP contribution >= 0.6 is 11.6 Å². The van der Waals surface area contributed by atoms with E-state index < -0.39 is 0 Å². The number of aromatic nitrogens is 4. The minimum Gasteiger partial charge on any atom is -0.379 e. The van der Waals surface area contributed by atoms with Crippen molar-refractivity contribution in [3.8, 4) is 0 Å². The van der Waals surface area contributed by atoms with Crippen LogP contribution in [0.5, 0.6) is 0 Å². The Kier molecular flexibility index (Phi) is 6.59. The SMILES string of the molecule is Clc1cccc(C2(c3ccncc3)C=Cc3[nH]c4ncnc(NC5CCC(N6CCOCC6)CC5)c4c3C2)c1. The smallest absolute Gasteiger partial charge is 0.143 e. The maximum atomic E-state index is 6.50. The van der Waals surface area contributed by atoms with Crippen LogP contribution in [-0.2, 0) is 16.6 Å². The lowest BCUT2D eigenvalue weighted by atomic mass is 9.68. The van der Waals surface area contributed by atoms with Crippen molar-refractivity contribution < 1.29 is 4.74 Å². The van der Waals surface area contributed by atoms with Crippen LogP contribution in [0, 0.1) is 0 Å². The number of ether oxygens (including phenoxy) is 1. The molecule has 200 valence electrons. The van der Waals surface area contributed by atoms with E-state index in [1.54, 1.807) is 6.33 Å². The molecule has 2 aliphatic carbocycles. The van der Waals surface area contributed by atoms with E-state index in [4.69, 9.17) is 21.3 Å². The molecule has 4 heterocycles. The third-order valence-corrected chi connectivity index (χ3v) is 9.09. The molecular formula is C31H33ClN6O. The van der Waals surface area contributed by atoms with Crippen LogP contribution in [0.3, 0.4) is 0 Å². The van der Waals surface area contributed by atoms with Crippen LogP contribution in [0.25, 0.3) is 17.1 Å². The largest absolute Gasteiger partial charge is 0.379 e. The lowest BCUT2D eigenvalue weighted by molar-refractivity contribution is 0.00791. The van der Waals surface area contributed by atoms with Gasteiger partial charge in [-0.3, -0.25) is 9.88 Å². The van der Waals surface area contributed by atoms with Crippen molar-refractivity contribution in [2.24, 2.45) is 0 Å². The molecule has 1 unspecified atom stereocenters. The van der Waals surface area contributed by atoms with E-state index >= 15 is 0 Å². The Bertz CT molecular complexity index is 1490. The van der Waals surface area contributed by atoms with Crippen LogP contribution < -0.4 is 5.32 Å². The third-order valence-electron chi connectivity index (χ3n) is 8.85. The molecule has 0 bridgehead atoms. The molecule has 0 spiro atoms. The first-order valence-electron chi connectivity index (χ1n) is 14.0. The molecule has 1 aliphatic heterocycles. The van der Waals surface area contributed by atoms with E-state index in [2.05, 4.69) is 61.6 Å². The van der Waals surface area contributed by atoms with Gasteiger partial charge in [0.1, 0.15) is 17.8 Å². The molecule has 3 aliphatic rings. The fourth-order valence-corrected chi connectivity index (χ4v) is 6.99. The van der Waals surface area contributed by atoms with Gasteiger partial charge in [0.15, 0.2) is 0 Å². The fourth-order valence-electron chi connectivity index (χ4n) is 6.80. The number of pyridine rings is 1. The maximum Gasteiger partial charge on any atom is 0.143 e. The number of anilines is 1. The number of morpholine rings is 1. The van der Waals surface area contributed by atoms with Gasteiger partial charge >= 0.3 is 0 Å². The van der Waals surface area contributed by atoms with Crippen LogP contribution in [0.1, 0.15) is 48.1 Å². The average Bonchev–Trinajstić information content (AvgIpc) is 3.37. The number of allylic oxidation sites excluding steroid dienone is 1. The summed E-state index contributed by atoms with van der Waals surface area (Å²) in [4.78, 5) is 19.9. The molecule has 8 heteroatoms. The van der Waals surface area contributed by atoms with Gasteiger partial charge in [0, 0.05) is 53.7 Å². The van der Waals surface area contributed by atoms with Gasteiger partial charge in [-0.25, -0.2) is 9.97 Å². The van der Waals surface area contributed by atoms with Gasteiger partial charge in [-0.2, -0.15) is 0 Å². The number of hydrogen-bond acceptors (Lipinski definition) is 6. The summed E-state index contributed by atoms with van der Waals surface area (Å²) in [5.74, 6) is 0.928. The molecule has 1 atom stereocenters. The van der Waals surface area contributed by atoms with Crippen LogP contribution in [0.15, 0.2) is 61.2 Å². The molecule has 2 fully saturated rings. The van der Waals surface area contributed by atoms with Crippen molar-refractivity contribution in [2.45, 2.75) is 49.6 Å². The summed E-state index contributed by atoms with van der Waals surface area (Å²) < 4.78 is 5.56. The Morgan fingerprint density at radius 3 is 2.62 bits per heavy atom. The number of nitrogens with one attached hydrogen (secondary N) is 2. The van der Waals surface area contributed by atoms with Crippen LogP contribution in [-0.4, -0.2) is 63.2 Å². The number of hydrogen-bond donors (Lipinski definition) is 2. The predicted molar refractivity (Wildman–Crippen MR) is 155 cm³/mol. The Hall–Kier alpha value is -3.26. The highest BCUT2D eigenvalue weighted by atomic mass is 35.5. The van der Waals surface area contributed by atoms with E-state index in [1.807, 2.05) is 24.5 Å². The van der Waals surface area contributed by atoms with Crippen LogP contribution in [0.2, 0.25) is 5.02 Å². The van der Waals surface area contributed by atoms with Crippen molar-refractivity contribution in [3.05, 3.63) is 88.6 Å². The van der Waals surface area contributed by atoms with Crippen LogP contribution in [0.4, 0.5) is 5.82 Å². The van der Waals surface area contributed by atoms with Gasteiger partial charge in [-0.15, -0.1) is 0 Å². The number of H-pyrrole nitrogens is 1. The summed E-state index contributed by atoms with van der Waals surface area (Å²) in [5.41, 5.74) is 5.17. The number of halogens is 1. The van der Waals surface area contributed by atoms with Gasteiger partial charge in [0.25, 0.3) is 0 Å². The predicted octanol–water partition coefficient (Wildman–Crippen LogP) is 5.62. The number of nitrogens with zero attached hydrogens (tertiary/aromatic N) is 4. The Labute approximate surface area is 233 Å². The highest BCUT2D eigenvalue weighted by Crippen LogP contribution is 2.45. The lowest BCUT2D eigenvalue weighted by Gasteiger charge is -2.39. The molecule has 7 rings (SSSR count). The average molecular weight is 541 g/mol. The zero-order chi connectivity index (χ0) is 26.2. The Morgan fingerprint density at radius 1 is 1.00 bits per heavy atom. The highest BCUT2D eigenvalue weighted by Gasteiger charge is 2.37. The molecule has 2 N–H and O–H groups in total. The van der Waals surface area contributed by atoms with Gasteiger partial charge in [-0.1, -0.05) is 29.8 Å². The van der Waals surface area contributed by atoms with E-state index in [0.29, 0.717) is 12.1 Å². The number of benzene rings is 1. The van der Waals surface area contributed by atoms with E-state index in [9.17, 15) is 0 Å². The monoisotopic (exact) mass is 540 g/mol. The first kappa shape index (κ1) is 24.8. The van der Waals surface area contributed by atoms with Gasteiger partial charge in [0.2, 0.25) is 0 Å². The number of aromatic amines is 1. The fraction of sp³-hybridized carbons (Fsp3) is 0.387. The first-order chi connectivity index (χ1) is 19.2. The standard InChI is InChI=1S/C31H33ClN6O/c32-23-3-1-2-22(18-23)31(21-9-12-33-13-10-21)11-8-27-26(19-31)28-29(34-20-35-30(28)37-27)36-24-4-6-25(7-5-24)38-14-16-39-17-15-38/h1-3,8-13,18,20,24-25H,4-7,14-17,19H2,(H2,34,35,36,37). The van der Waals surface area contributed by atoms with Crippen molar-refractivity contribution in [1.82, 2.24) is 24.8 Å². The van der Waals surface area contributed by atoms with Crippen molar-refractivity contribution >= 4 is 34.5 Å². The lowest BCUT2D eigenvalue weighted by Crippen LogP contribution is -2.46. The van der Waals surface area contributed by atoms with Crippen molar-refractivity contribution in [2.75, 3.05) is 31.6 Å². The molecule has 39 heavy (non-hydrogen) atoms. The normalized spacial score (nSPS) is 25.5. The Morgan fingerprint density at radius 2 is 1.82 bits per heavy atom. The summed E-state index contributed by atoms with van der Waals surface area (Å²) >= 11 is 6.50. The zero-order valence-corrected chi connectivity index (χ0v) is 22.7. The minimum absolute atomic E-state index is 0.376. The van der Waals surface area contributed by atoms with E-state index in [-0.39, 0.29) is 5.41 Å². The maximum absolute atomic E-state index is 6.50. The summed E-state index contributed by atoms with van der Waals surface area (Å²) in [6, 6.07) is 13.5. The molecule has 1 aromatic carbocycles. The molecule has 0 amide bonds.